The van der Waals surface area contributed by atoms with Crippen LogP contribution in [0.5, 0.6) is 0 Å². The number of aromatic nitrogens is 3. The molecule has 0 saturated carbocycles. The van der Waals surface area contributed by atoms with Crippen molar-refractivity contribution in [3.63, 3.8) is 0 Å². The molecule has 0 aliphatic rings. The highest BCUT2D eigenvalue weighted by molar-refractivity contribution is 7.18. The Labute approximate surface area is 246 Å². The van der Waals surface area contributed by atoms with E-state index < -0.39 is 6.04 Å². The summed E-state index contributed by atoms with van der Waals surface area (Å²) in [6.07, 6.45) is 7.22. The highest BCUT2D eigenvalue weighted by Crippen LogP contribution is 2.26. The van der Waals surface area contributed by atoms with Gasteiger partial charge in [-0.1, -0.05) is 24.8 Å². The molecule has 10 nitrogen and oxygen atoms in total. The lowest BCUT2D eigenvalue weighted by molar-refractivity contribution is -0.135. The molecule has 2 heterocycles. The van der Waals surface area contributed by atoms with Crippen molar-refractivity contribution in [2.45, 2.75) is 46.1 Å². The van der Waals surface area contributed by atoms with Crippen LogP contribution in [0.15, 0.2) is 36.5 Å². The van der Waals surface area contributed by atoms with Crippen molar-refractivity contribution in [1.29, 1.82) is 0 Å². The van der Waals surface area contributed by atoms with Crippen LogP contribution in [0, 0.1) is 18.8 Å². The number of anilines is 3. The number of benzene rings is 1. The number of carbonyl (C=O) groups excluding carboxylic acids is 2. The molecule has 0 bridgehead atoms. The first-order valence-electron chi connectivity index (χ1n) is 13.8. The van der Waals surface area contributed by atoms with Gasteiger partial charge >= 0.3 is 0 Å². The lowest BCUT2D eigenvalue weighted by Crippen LogP contribution is -2.45. The Balaban J connectivity index is 1.52. The number of amides is 2. The van der Waals surface area contributed by atoms with Crippen LogP contribution in [-0.2, 0) is 9.59 Å². The van der Waals surface area contributed by atoms with E-state index in [9.17, 15) is 9.59 Å². The van der Waals surface area contributed by atoms with Gasteiger partial charge in [0.25, 0.3) is 0 Å². The van der Waals surface area contributed by atoms with Crippen LogP contribution in [0.3, 0.4) is 0 Å². The Kier molecular flexibility index (Phi) is 12.1. The Morgan fingerprint density at radius 2 is 1.98 bits per heavy atom. The van der Waals surface area contributed by atoms with Crippen LogP contribution >= 0.6 is 11.3 Å². The van der Waals surface area contributed by atoms with E-state index in [1.807, 2.05) is 44.1 Å². The highest BCUT2D eigenvalue weighted by Gasteiger charge is 2.20. The van der Waals surface area contributed by atoms with Crippen molar-refractivity contribution < 1.29 is 9.59 Å². The SMILES string of the molecule is CCCNc1nc(Nc2ccc3sc(C)nc3c2)ncc1C#CCCCNC(=O)[C@H](C)N(C)C(=O)/C=C/CN(C)C. The Morgan fingerprint density at radius 1 is 1.17 bits per heavy atom. The van der Waals surface area contributed by atoms with Gasteiger partial charge in [0.05, 0.1) is 27.0 Å². The number of carbonyl (C=O) groups is 2. The summed E-state index contributed by atoms with van der Waals surface area (Å²) in [5.74, 6) is 7.08. The van der Waals surface area contributed by atoms with Crippen LogP contribution in [0.1, 0.15) is 43.7 Å². The maximum atomic E-state index is 12.5. The van der Waals surface area contributed by atoms with Crippen molar-refractivity contribution in [3.8, 4) is 11.8 Å². The fourth-order valence-electron chi connectivity index (χ4n) is 3.70. The van der Waals surface area contributed by atoms with E-state index in [1.54, 1.807) is 37.6 Å². The predicted octanol–water partition coefficient (Wildman–Crippen LogP) is 4.17. The van der Waals surface area contributed by atoms with Crippen molar-refractivity contribution in [3.05, 3.63) is 47.1 Å². The minimum absolute atomic E-state index is 0.193. The number of thiazole rings is 1. The third kappa shape index (κ3) is 9.84. The van der Waals surface area contributed by atoms with Crippen LogP contribution in [0.25, 0.3) is 10.2 Å². The molecule has 41 heavy (non-hydrogen) atoms. The largest absolute Gasteiger partial charge is 0.369 e. The van der Waals surface area contributed by atoms with Gasteiger partial charge in [0.1, 0.15) is 11.9 Å². The topological polar surface area (TPSA) is 115 Å². The van der Waals surface area contributed by atoms with Crippen molar-refractivity contribution in [2.24, 2.45) is 0 Å². The molecule has 2 amide bonds. The summed E-state index contributed by atoms with van der Waals surface area (Å²) in [6.45, 7) is 7.71. The second-order valence-electron chi connectivity index (χ2n) is 9.91. The molecule has 0 aliphatic carbocycles. The maximum absolute atomic E-state index is 12.5. The number of hydrogen-bond donors (Lipinski definition) is 3. The van der Waals surface area contributed by atoms with Crippen LogP contribution in [0.4, 0.5) is 17.5 Å². The van der Waals surface area contributed by atoms with Gasteiger partial charge in [0.15, 0.2) is 0 Å². The van der Waals surface area contributed by atoms with Crippen molar-refractivity contribution >= 4 is 50.8 Å². The summed E-state index contributed by atoms with van der Waals surface area (Å²) in [5, 5.41) is 10.5. The molecular formula is C30H40N8O2S. The Hall–Kier alpha value is -4.01. The third-order valence-corrected chi connectivity index (χ3v) is 7.07. The number of rotatable bonds is 13. The van der Waals surface area contributed by atoms with Gasteiger partial charge in [0, 0.05) is 44.9 Å². The molecule has 1 atom stereocenters. The summed E-state index contributed by atoms with van der Waals surface area (Å²) >= 11 is 1.67. The second-order valence-corrected chi connectivity index (χ2v) is 11.1. The summed E-state index contributed by atoms with van der Waals surface area (Å²) in [4.78, 5) is 41.8. The molecule has 0 unspecified atom stereocenters. The normalized spacial score (nSPS) is 11.8. The van der Waals surface area contributed by atoms with Gasteiger partial charge < -0.3 is 25.8 Å². The number of nitrogens with one attached hydrogen (secondary N) is 3. The van der Waals surface area contributed by atoms with Crippen LogP contribution < -0.4 is 16.0 Å². The smallest absolute Gasteiger partial charge is 0.246 e. The van der Waals surface area contributed by atoms with E-state index in [-0.39, 0.29) is 11.8 Å². The first kappa shape index (κ1) is 31.5. The molecule has 2 aromatic heterocycles. The fraction of sp³-hybridized carbons (Fsp3) is 0.433. The number of likely N-dealkylation sites (N-methyl/N-ethyl adjacent to an activating group) is 2. The average Bonchev–Trinajstić information content (AvgIpc) is 3.32. The van der Waals surface area contributed by atoms with Crippen molar-refractivity contribution in [2.75, 3.05) is 51.4 Å². The number of hydrogen-bond acceptors (Lipinski definition) is 9. The van der Waals surface area contributed by atoms with E-state index in [4.69, 9.17) is 0 Å². The zero-order chi connectivity index (χ0) is 29.8. The van der Waals surface area contributed by atoms with Gasteiger partial charge in [-0.25, -0.2) is 9.97 Å². The number of aryl methyl sites for hydroxylation is 1. The first-order valence-corrected chi connectivity index (χ1v) is 14.6. The standard InChI is InChI=1S/C30H40N8O2S/c1-7-16-31-28-23(20-33-30(36-28)35-24-14-15-26-25(19-24)34-22(3)41-26)12-9-8-10-17-32-29(40)21(2)38(6)27(39)13-11-18-37(4)5/h11,13-15,19-21H,7-8,10,16-18H2,1-6H3,(H,32,40)(H2,31,33,35,36)/b13-11+/t21-/m0/s1. The zero-order valence-corrected chi connectivity index (χ0v) is 25.6. The van der Waals surface area contributed by atoms with Crippen molar-refractivity contribution in [1.82, 2.24) is 30.1 Å². The third-order valence-electron chi connectivity index (χ3n) is 6.12. The number of fused-ring (bicyclic) bond motifs is 1. The summed E-state index contributed by atoms with van der Waals surface area (Å²) in [7, 11) is 5.48. The molecule has 0 saturated heterocycles. The Bertz CT molecular complexity index is 1420. The van der Waals surface area contributed by atoms with Crippen LogP contribution in [-0.4, -0.2) is 83.4 Å². The molecule has 3 N–H and O–H groups in total. The van der Waals surface area contributed by atoms with Gasteiger partial charge in [-0.2, -0.15) is 4.98 Å². The van der Waals surface area contributed by atoms with Gasteiger partial charge in [0.2, 0.25) is 17.8 Å². The maximum Gasteiger partial charge on any atom is 0.246 e. The van der Waals surface area contributed by atoms with Gasteiger partial charge in [-0.05, 0) is 59.0 Å². The fourth-order valence-corrected chi connectivity index (χ4v) is 4.51. The molecule has 11 heteroatoms. The van der Waals surface area contributed by atoms with E-state index in [2.05, 4.69) is 49.7 Å². The lowest BCUT2D eigenvalue weighted by atomic mass is 10.2. The molecule has 1 aromatic carbocycles. The van der Waals surface area contributed by atoms with Gasteiger partial charge in [-0.3, -0.25) is 9.59 Å². The average molecular weight is 577 g/mol. The molecular weight excluding hydrogens is 536 g/mol. The summed E-state index contributed by atoms with van der Waals surface area (Å²) < 4.78 is 1.14. The minimum atomic E-state index is -0.568. The van der Waals surface area contributed by atoms with E-state index in [1.165, 1.54) is 11.0 Å². The second kappa shape index (κ2) is 15.7. The summed E-state index contributed by atoms with van der Waals surface area (Å²) in [5.41, 5.74) is 2.54. The number of nitrogens with zero attached hydrogens (tertiary/aromatic N) is 5. The predicted molar refractivity (Wildman–Crippen MR) is 168 cm³/mol. The highest BCUT2D eigenvalue weighted by atomic mass is 32.1. The minimum Gasteiger partial charge on any atom is -0.369 e. The molecule has 0 aliphatic heterocycles. The Morgan fingerprint density at radius 3 is 2.73 bits per heavy atom. The molecule has 0 radical (unpaired) electrons. The van der Waals surface area contributed by atoms with E-state index >= 15 is 0 Å². The molecule has 218 valence electrons. The zero-order valence-electron chi connectivity index (χ0n) is 24.7. The molecule has 3 rings (SSSR count). The molecule has 0 fully saturated rings. The summed E-state index contributed by atoms with van der Waals surface area (Å²) in [6, 6.07) is 5.47. The van der Waals surface area contributed by atoms with E-state index in [0.717, 1.165) is 39.4 Å². The van der Waals surface area contributed by atoms with Gasteiger partial charge in [-0.15, -0.1) is 11.3 Å². The molecule has 0 spiro atoms. The monoisotopic (exact) mass is 576 g/mol. The van der Waals surface area contributed by atoms with Crippen LogP contribution in [0.2, 0.25) is 0 Å². The molecule has 3 aromatic rings. The lowest BCUT2D eigenvalue weighted by Gasteiger charge is -2.23. The quantitative estimate of drug-likeness (QED) is 0.158. The first-order chi connectivity index (χ1) is 19.7. The van der Waals surface area contributed by atoms with E-state index in [0.29, 0.717) is 37.7 Å². The number of unbranched alkanes of at least 4 members (excludes halogenated alkanes) is 1.